The van der Waals surface area contributed by atoms with Crippen molar-refractivity contribution >= 4 is 34.8 Å². The molecule has 132 valence electrons. The van der Waals surface area contributed by atoms with Crippen molar-refractivity contribution in [1.82, 2.24) is 4.90 Å². The van der Waals surface area contributed by atoms with Crippen molar-refractivity contribution in [3.8, 4) is 5.75 Å². The minimum Gasteiger partial charge on any atom is -0.483 e. The van der Waals surface area contributed by atoms with Gasteiger partial charge in [0.2, 0.25) is 0 Å². The summed E-state index contributed by atoms with van der Waals surface area (Å²) in [7, 11) is 0. The van der Waals surface area contributed by atoms with Gasteiger partial charge in [0, 0.05) is 41.9 Å². The standard InChI is InChI=1S/C19H20Cl2N2O2/c1-14-11-16(21)5-6-18(14)25-13-19(24)23-9-7-22(8-10-23)17-4-2-3-15(20)12-17/h2-6,11-12H,7-10,13H2,1H3. The van der Waals surface area contributed by atoms with Gasteiger partial charge < -0.3 is 14.5 Å². The van der Waals surface area contributed by atoms with Crippen molar-refractivity contribution in [2.45, 2.75) is 6.92 Å². The van der Waals surface area contributed by atoms with E-state index in [2.05, 4.69) is 4.90 Å². The number of hydrogen-bond acceptors (Lipinski definition) is 3. The van der Waals surface area contributed by atoms with E-state index in [-0.39, 0.29) is 12.5 Å². The molecule has 6 heteroatoms. The molecule has 1 fully saturated rings. The van der Waals surface area contributed by atoms with E-state index in [1.807, 2.05) is 42.2 Å². The van der Waals surface area contributed by atoms with Gasteiger partial charge in [-0.1, -0.05) is 29.3 Å². The first-order valence-corrected chi connectivity index (χ1v) is 8.96. The second kappa shape index (κ2) is 7.98. The van der Waals surface area contributed by atoms with Crippen LogP contribution in [0.5, 0.6) is 5.75 Å². The predicted octanol–water partition coefficient (Wildman–Crippen LogP) is 4.03. The smallest absolute Gasteiger partial charge is 0.260 e. The first-order chi connectivity index (χ1) is 12.0. The number of amides is 1. The molecule has 1 aliphatic heterocycles. The molecule has 1 aliphatic rings. The zero-order valence-corrected chi connectivity index (χ0v) is 15.6. The van der Waals surface area contributed by atoms with Gasteiger partial charge in [0.15, 0.2) is 6.61 Å². The predicted molar refractivity (Wildman–Crippen MR) is 102 cm³/mol. The highest BCUT2D eigenvalue weighted by Gasteiger charge is 2.21. The molecule has 0 radical (unpaired) electrons. The second-order valence-corrected chi connectivity index (χ2v) is 6.92. The van der Waals surface area contributed by atoms with Gasteiger partial charge in [-0.15, -0.1) is 0 Å². The molecular weight excluding hydrogens is 359 g/mol. The van der Waals surface area contributed by atoms with E-state index in [1.54, 1.807) is 12.1 Å². The second-order valence-electron chi connectivity index (χ2n) is 6.05. The average Bonchev–Trinajstić information content (AvgIpc) is 2.61. The Morgan fingerprint density at radius 2 is 1.76 bits per heavy atom. The molecule has 25 heavy (non-hydrogen) atoms. The van der Waals surface area contributed by atoms with Crippen LogP contribution in [0, 0.1) is 6.92 Å². The molecule has 2 aromatic rings. The summed E-state index contributed by atoms with van der Waals surface area (Å²) in [6, 6.07) is 13.2. The Labute approximate surface area is 157 Å². The fraction of sp³-hybridized carbons (Fsp3) is 0.316. The van der Waals surface area contributed by atoms with E-state index >= 15 is 0 Å². The molecule has 1 saturated heterocycles. The Morgan fingerprint density at radius 3 is 2.44 bits per heavy atom. The number of nitrogens with zero attached hydrogens (tertiary/aromatic N) is 2. The average molecular weight is 379 g/mol. The molecule has 0 unspecified atom stereocenters. The molecule has 0 aromatic heterocycles. The van der Waals surface area contributed by atoms with Crippen LogP contribution in [0.2, 0.25) is 10.0 Å². The Balaban J connectivity index is 1.51. The van der Waals surface area contributed by atoms with Crippen LogP contribution in [-0.2, 0) is 4.79 Å². The molecule has 0 atom stereocenters. The summed E-state index contributed by atoms with van der Waals surface area (Å²) in [4.78, 5) is 16.5. The van der Waals surface area contributed by atoms with Crippen LogP contribution in [0.3, 0.4) is 0 Å². The number of ether oxygens (including phenoxy) is 1. The van der Waals surface area contributed by atoms with Gasteiger partial charge in [0.05, 0.1) is 0 Å². The lowest BCUT2D eigenvalue weighted by molar-refractivity contribution is -0.133. The normalized spacial score (nSPS) is 14.5. The number of benzene rings is 2. The van der Waals surface area contributed by atoms with Crippen LogP contribution in [-0.4, -0.2) is 43.6 Å². The van der Waals surface area contributed by atoms with E-state index in [4.69, 9.17) is 27.9 Å². The number of carbonyl (C=O) groups excluding carboxylic acids is 1. The van der Waals surface area contributed by atoms with Crippen molar-refractivity contribution in [3.05, 3.63) is 58.1 Å². The number of halogens is 2. The lowest BCUT2D eigenvalue weighted by atomic mass is 10.2. The summed E-state index contributed by atoms with van der Waals surface area (Å²) in [5, 5.41) is 1.39. The Bertz CT molecular complexity index is 759. The number of carbonyl (C=O) groups is 1. The number of rotatable bonds is 4. The van der Waals surface area contributed by atoms with Crippen molar-refractivity contribution in [3.63, 3.8) is 0 Å². The van der Waals surface area contributed by atoms with Crippen molar-refractivity contribution < 1.29 is 9.53 Å². The first-order valence-electron chi connectivity index (χ1n) is 8.20. The van der Waals surface area contributed by atoms with Gasteiger partial charge in [-0.05, 0) is 48.9 Å². The van der Waals surface area contributed by atoms with Crippen LogP contribution in [0.4, 0.5) is 5.69 Å². The molecule has 0 N–H and O–H groups in total. The van der Waals surface area contributed by atoms with Gasteiger partial charge in [0.1, 0.15) is 5.75 Å². The number of piperazine rings is 1. The zero-order chi connectivity index (χ0) is 17.8. The zero-order valence-electron chi connectivity index (χ0n) is 14.0. The van der Waals surface area contributed by atoms with E-state index in [9.17, 15) is 4.79 Å². The maximum Gasteiger partial charge on any atom is 0.260 e. The summed E-state index contributed by atoms with van der Waals surface area (Å²) in [6.45, 7) is 4.87. The Kier molecular flexibility index (Phi) is 5.71. The van der Waals surface area contributed by atoms with Crippen molar-refractivity contribution in [2.75, 3.05) is 37.7 Å². The summed E-state index contributed by atoms with van der Waals surface area (Å²) in [6.07, 6.45) is 0. The first kappa shape index (κ1) is 17.9. The number of anilines is 1. The third-order valence-electron chi connectivity index (χ3n) is 4.29. The Morgan fingerprint density at radius 1 is 1.04 bits per heavy atom. The lowest BCUT2D eigenvalue weighted by Gasteiger charge is -2.36. The van der Waals surface area contributed by atoms with E-state index in [0.29, 0.717) is 23.9 Å². The van der Waals surface area contributed by atoms with E-state index in [1.165, 1.54) is 0 Å². The van der Waals surface area contributed by atoms with Gasteiger partial charge >= 0.3 is 0 Å². The quantitative estimate of drug-likeness (QED) is 0.804. The third kappa shape index (κ3) is 4.59. The number of hydrogen-bond donors (Lipinski definition) is 0. The van der Waals surface area contributed by atoms with Crippen LogP contribution < -0.4 is 9.64 Å². The molecule has 2 aromatic carbocycles. The lowest BCUT2D eigenvalue weighted by Crippen LogP contribution is -2.50. The molecule has 3 rings (SSSR count). The summed E-state index contributed by atoms with van der Waals surface area (Å²) in [5.41, 5.74) is 2.01. The molecule has 1 amide bonds. The topological polar surface area (TPSA) is 32.8 Å². The van der Waals surface area contributed by atoms with Crippen LogP contribution in [0.25, 0.3) is 0 Å². The summed E-state index contributed by atoms with van der Waals surface area (Å²) < 4.78 is 5.65. The van der Waals surface area contributed by atoms with Gasteiger partial charge in [-0.3, -0.25) is 4.79 Å². The highest BCUT2D eigenvalue weighted by atomic mass is 35.5. The largest absolute Gasteiger partial charge is 0.483 e. The Hall–Kier alpha value is -1.91. The highest BCUT2D eigenvalue weighted by molar-refractivity contribution is 6.31. The maximum atomic E-state index is 12.4. The fourth-order valence-electron chi connectivity index (χ4n) is 2.89. The summed E-state index contributed by atoms with van der Waals surface area (Å²) >= 11 is 12.0. The molecule has 0 aliphatic carbocycles. The minimum absolute atomic E-state index is 0.0000871. The van der Waals surface area contributed by atoms with E-state index in [0.717, 1.165) is 29.4 Å². The summed E-state index contributed by atoms with van der Waals surface area (Å²) in [5.74, 6) is 0.690. The van der Waals surface area contributed by atoms with Crippen LogP contribution in [0.15, 0.2) is 42.5 Å². The highest BCUT2D eigenvalue weighted by Crippen LogP contribution is 2.23. The van der Waals surface area contributed by atoms with Crippen LogP contribution in [0.1, 0.15) is 5.56 Å². The van der Waals surface area contributed by atoms with Crippen molar-refractivity contribution in [2.24, 2.45) is 0 Å². The molecule has 0 spiro atoms. The molecular formula is C19H20Cl2N2O2. The molecule has 0 bridgehead atoms. The third-order valence-corrected chi connectivity index (χ3v) is 4.76. The number of aryl methyl sites for hydroxylation is 1. The SMILES string of the molecule is Cc1cc(Cl)ccc1OCC(=O)N1CCN(c2cccc(Cl)c2)CC1. The fourth-order valence-corrected chi connectivity index (χ4v) is 3.30. The minimum atomic E-state index is 0.0000871. The van der Waals surface area contributed by atoms with E-state index < -0.39 is 0 Å². The maximum absolute atomic E-state index is 12.4. The molecule has 4 nitrogen and oxygen atoms in total. The monoisotopic (exact) mass is 378 g/mol. The molecule has 1 heterocycles. The van der Waals surface area contributed by atoms with Gasteiger partial charge in [-0.25, -0.2) is 0 Å². The molecule has 0 saturated carbocycles. The van der Waals surface area contributed by atoms with Gasteiger partial charge in [0.25, 0.3) is 5.91 Å². The van der Waals surface area contributed by atoms with Gasteiger partial charge in [-0.2, -0.15) is 0 Å². The van der Waals surface area contributed by atoms with Crippen molar-refractivity contribution in [1.29, 1.82) is 0 Å². The van der Waals surface area contributed by atoms with Crippen LogP contribution >= 0.6 is 23.2 Å².